The Morgan fingerprint density at radius 2 is 1.90 bits per heavy atom. The normalized spacial score (nSPS) is 10.9. The second-order valence-electron chi connectivity index (χ2n) is 4.49. The number of rotatable bonds is 3. The van der Waals surface area contributed by atoms with Crippen molar-refractivity contribution in [1.82, 2.24) is 4.98 Å². The van der Waals surface area contributed by atoms with Gasteiger partial charge in [0.25, 0.3) is 0 Å². The molecular weight excluding hydrogens is 359 g/mol. The zero-order valence-electron chi connectivity index (χ0n) is 10.4. The summed E-state index contributed by atoms with van der Waals surface area (Å²) in [6.45, 7) is 0.717. The number of aromatic nitrogens is 1. The Hall–Kier alpha value is -1.16. The molecule has 5 heteroatoms. The van der Waals surface area contributed by atoms with Gasteiger partial charge in [-0.25, -0.2) is 0 Å². The highest BCUT2D eigenvalue weighted by Gasteiger charge is 2.05. The Kier molecular flexibility index (Phi) is 3.92. The van der Waals surface area contributed by atoms with E-state index in [1.54, 1.807) is 6.07 Å². The first-order valence-corrected chi connectivity index (χ1v) is 7.63. The second-order valence-corrected chi connectivity index (χ2v) is 6.22. The first kappa shape index (κ1) is 13.8. The third-order valence-electron chi connectivity index (χ3n) is 3.13. The maximum atomic E-state index is 6.01. The van der Waals surface area contributed by atoms with Crippen molar-refractivity contribution in [2.75, 3.05) is 5.32 Å². The second kappa shape index (κ2) is 5.68. The summed E-state index contributed by atoms with van der Waals surface area (Å²) in [4.78, 5) is 3.26. The molecule has 0 fully saturated rings. The van der Waals surface area contributed by atoms with Crippen molar-refractivity contribution in [1.29, 1.82) is 0 Å². The first-order valence-electron chi connectivity index (χ1n) is 6.08. The van der Waals surface area contributed by atoms with Gasteiger partial charge in [0.05, 0.1) is 10.0 Å². The lowest BCUT2D eigenvalue weighted by Gasteiger charge is -2.07. The van der Waals surface area contributed by atoms with Gasteiger partial charge >= 0.3 is 0 Å². The van der Waals surface area contributed by atoms with E-state index in [-0.39, 0.29) is 0 Å². The van der Waals surface area contributed by atoms with Gasteiger partial charge in [-0.15, -0.1) is 0 Å². The largest absolute Gasteiger partial charge is 0.381 e. The van der Waals surface area contributed by atoms with E-state index in [1.807, 2.05) is 24.4 Å². The van der Waals surface area contributed by atoms with Crippen molar-refractivity contribution in [2.45, 2.75) is 6.54 Å². The molecule has 1 heterocycles. The maximum absolute atomic E-state index is 6.01. The van der Waals surface area contributed by atoms with Crippen LogP contribution in [0.5, 0.6) is 0 Å². The minimum Gasteiger partial charge on any atom is -0.381 e. The summed E-state index contributed by atoms with van der Waals surface area (Å²) in [5.41, 5.74) is 3.27. The van der Waals surface area contributed by atoms with Gasteiger partial charge in [0.15, 0.2) is 0 Å². The van der Waals surface area contributed by atoms with Gasteiger partial charge in [-0.1, -0.05) is 39.1 Å². The molecule has 0 amide bonds. The first-order chi connectivity index (χ1) is 9.63. The Balaban J connectivity index is 1.83. The third kappa shape index (κ3) is 2.80. The number of anilines is 1. The monoisotopic (exact) mass is 368 g/mol. The van der Waals surface area contributed by atoms with Crippen LogP contribution in [0.1, 0.15) is 5.56 Å². The van der Waals surface area contributed by atoms with Crippen LogP contribution >= 0.6 is 39.1 Å². The molecule has 0 bridgehead atoms. The Morgan fingerprint density at radius 3 is 2.70 bits per heavy atom. The predicted molar refractivity (Wildman–Crippen MR) is 89.8 cm³/mol. The molecule has 2 aromatic carbocycles. The van der Waals surface area contributed by atoms with E-state index in [0.717, 1.165) is 15.7 Å². The zero-order chi connectivity index (χ0) is 14.1. The molecular formula is C15H11BrCl2N2. The molecule has 2 N–H and O–H groups in total. The zero-order valence-corrected chi connectivity index (χ0v) is 13.5. The molecule has 0 saturated carbocycles. The number of hydrogen-bond acceptors (Lipinski definition) is 1. The summed E-state index contributed by atoms with van der Waals surface area (Å²) < 4.78 is 1.07. The number of halogens is 3. The van der Waals surface area contributed by atoms with Crippen LogP contribution in [0.4, 0.5) is 5.69 Å². The number of nitrogens with one attached hydrogen (secondary N) is 2. The molecule has 0 radical (unpaired) electrons. The van der Waals surface area contributed by atoms with E-state index in [9.17, 15) is 0 Å². The predicted octanol–water partition coefficient (Wildman–Crippen LogP) is 5.85. The lowest BCUT2D eigenvalue weighted by Crippen LogP contribution is -1.98. The Morgan fingerprint density at radius 1 is 1.05 bits per heavy atom. The SMILES string of the molecule is Clc1ccc(NCc2c[nH]c3ccc(Br)cc23)cc1Cl. The van der Waals surface area contributed by atoms with E-state index in [0.29, 0.717) is 16.6 Å². The third-order valence-corrected chi connectivity index (χ3v) is 4.36. The van der Waals surface area contributed by atoms with Crippen LogP contribution in [0.25, 0.3) is 10.9 Å². The summed E-state index contributed by atoms with van der Waals surface area (Å²) in [7, 11) is 0. The van der Waals surface area contributed by atoms with E-state index in [2.05, 4.69) is 38.4 Å². The fourth-order valence-electron chi connectivity index (χ4n) is 2.10. The van der Waals surface area contributed by atoms with E-state index in [1.165, 1.54) is 10.9 Å². The molecule has 3 rings (SSSR count). The van der Waals surface area contributed by atoms with Crippen LogP contribution in [0.2, 0.25) is 10.0 Å². The Labute approximate surface area is 135 Å². The van der Waals surface area contributed by atoms with Crippen molar-refractivity contribution in [3.63, 3.8) is 0 Å². The maximum Gasteiger partial charge on any atom is 0.0612 e. The molecule has 102 valence electrons. The number of fused-ring (bicyclic) bond motifs is 1. The summed E-state index contributed by atoms with van der Waals surface area (Å²) >= 11 is 15.4. The molecule has 0 unspecified atom stereocenters. The van der Waals surface area contributed by atoms with Crippen molar-refractivity contribution >= 4 is 55.7 Å². The molecule has 20 heavy (non-hydrogen) atoms. The summed E-state index contributed by atoms with van der Waals surface area (Å²) in [6, 6.07) is 11.7. The van der Waals surface area contributed by atoms with Gasteiger partial charge in [-0.05, 0) is 42.0 Å². The van der Waals surface area contributed by atoms with Crippen LogP contribution in [0.15, 0.2) is 47.1 Å². The molecule has 0 aliphatic heterocycles. The lowest BCUT2D eigenvalue weighted by atomic mass is 10.2. The highest BCUT2D eigenvalue weighted by molar-refractivity contribution is 9.10. The van der Waals surface area contributed by atoms with Crippen LogP contribution in [-0.4, -0.2) is 4.98 Å². The van der Waals surface area contributed by atoms with Gasteiger partial charge in [0, 0.05) is 33.8 Å². The summed E-state index contributed by atoms with van der Waals surface area (Å²) in [5, 5.41) is 5.67. The molecule has 0 aliphatic carbocycles. The van der Waals surface area contributed by atoms with Crippen LogP contribution in [-0.2, 0) is 6.54 Å². The quantitative estimate of drug-likeness (QED) is 0.595. The molecule has 1 aromatic heterocycles. The standard InChI is InChI=1S/C15H11BrCl2N2/c16-10-1-4-15-12(5-10)9(8-20-15)7-19-11-2-3-13(17)14(18)6-11/h1-6,8,19-20H,7H2. The van der Waals surface area contributed by atoms with Crippen molar-refractivity contribution in [3.05, 3.63) is 62.7 Å². The van der Waals surface area contributed by atoms with Gasteiger partial charge in [-0.2, -0.15) is 0 Å². The number of H-pyrrole nitrogens is 1. The molecule has 0 saturated heterocycles. The van der Waals surface area contributed by atoms with Crippen LogP contribution < -0.4 is 5.32 Å². The topological polar surface area (TPSA) is 27.8 Å². The highest BCUT2D eigenvalue weighted by atomic mass is 79.9. The molecule has 0 atom stereocenters. The van der Waals surface area contributed by atoms with Crippen molar-refractivity contribution in [2.24, 2.45) is 0 Å². The van der Waals surface area contributed by atoms with Crippen LogP contribution in [0, 0.1) is 0 Å². The number of hydrogen-bond donors (Lipinski definition) is 2. The summed E-state index contributed by atoms with van der Waals surface area (Å²) in [6.07, 6.45) is 2.02. The van der Waals surface area contributed by atoms with Gasteiger partial charge < -0.3 is 10.3 Å². The van der Waals surface area contributed by atoms with Crippen molar-refractivity contribution in [3.8, 4) is 0 Å². The van der Waals surface area contributed by atoms with E-state index >= 15 is 0 Å². The van der Waals surface area contributed by atoms with E-state index < -0.39 is 0 Å². The van der Waals surface area contributed by atoms with Crippen molar-refractivity contribution < 1.29 is 0 Å². The molecule has 3 aromatic rings. The van der Waals surface area contributed by atoms with Gasteiger partial charge in [-0.3, -0.25) is 0 Å². The minimum absolute atomic E-state index is 0.554. The molecule has 0 spiro atoms. The fraction of sp³-hybridized carbons (Fsp3) is 0.0667. The molecule has 0 aliphatic rings. The van der Waals surface area contributed by atoms with Crippen LogP contribution in [0.3, 0.4) is 0 Å². The van der Waals surface area contributed by atoms with E-state index in [4.69, 9.17) is 23.2 Å². The average Bonchev–Trinajstić information content (AvgIpc) is 2.82. The summed E-state index contributed by atoms with van der Waals surface area (Å²) in [5.74, 6) is 0. The lowest BCUT2D eigenvalue weighted by molar-refractivity contribution is 1.16. The Bertz CT molecular complexity index is 768. The van der Waals surface area contributed by atoms with Gasteiger partial charge in [0.2, 0.25) is 0 Å². The average molecular weight is 370 g/mol. The number of benzene rings is 2. The fourth-order valence-corrected chi connectivity index (χ4v) is 2.76. The smallest absolute Gasteiger partial charge is 0.0612 e. The minimum atomic E-state index is 0.554. The highest BCUT2D eigenvalue weighted by Crippen LogP contribution is 2.27. The van der Waals surface area contributed by atoms with Gasteiger partial charge in [0.1, 0.15) is 0 Å². The molecule has 2 nitrogen and oxygen atoms in total. The number of aromatic amines is 1.